The summed E-state index contributed by atoms with van der Waals surface area (Å²) in [7, 11) is 0. The molecule has 0 bridgehead atoms. The van der Waals surface area contributed by atoms with Gasteiger partial charge in [0.25, 0.3) is 0 Å². The van der Waals surface area contributed by atoms with Gasteiger partial charge in [-0.05, 0) is 43.5 Å². The van der Waals surface area contributed by atoms with Crippen LogP contribution in [-0.4, -0.2) is 16.1 Å². The molecule has 1 aliphatic carbocycles. The Morgan fingerprint density at radius 3 is 2.62 bits per heavy atom. The maximum absolute atomic E-state index is 12.1. The summed E-state index contributed by atoms with van der Waals surface area (Å²) < 4.78 is 42.0. The Morgan fingerprint density at radius 2 is 1.95 bits per heavy atom. The normalized spacial score (nSPS) is 18.4. The maximum atomic E-state index is 12.1. The number of benzene rings is 1. The van der Waals surface area contributed by atoms with Gasteiger partial charge in [0.2, 0.25) is 0 Å². The lowest BCUT2D eigenvalue weighted by Crippen LogP contribution is -2.18. The average molecular weight is 297 g/mol. The second-order valence-electron chi connectivity index (χ2n) is 5.00. The summed E-state index contributed by atoms with van der Waals surface area (Å²) in [5.41, 5.74) is 8.76. The second-order valence-corrected chi connectivity index (χ2v) is 5.00. The van der Waals surface area contributed by atoms with Crippen molar-refractivity contribution in [3.63, 3.8) is 0 Å². The fourth-order valence-electron chi connectivity index (χ4n) is 2.60. The van der Waals surface area contributed by atoms with E-state index in [4.69, 9.17) is 5.73 Å². The van der Waals surface area contributed by atoms with Crippen LogP contribution in [0.5, 0.6) is 5.75 Å². The van der Waals surface area contributed by atoms with Gasteiger partial charge in [-0.3, -0.25) is 0 Å². The number of hydrogen-bond acceptors (Lipinski definition) is 3. The zero-order valence-corrected chi connectivity index (χ0v) is 11.1. The lowest BCUT2D eigenvalue weighted by Gasteiger charge is -2.19. The Bertz CT molecular complexity index is 634. The summed E-state index contributed by atoms with van der Waals surface area (Å²) in [6, 6.07) is 5.64. The minimum absolute atomic E-state index is 0.0182. The number of nitrogens with two attached hydrogens (primary N) is 1. The minimum Gasteiger partial charge on any atom is -0.406 e. The third-order valence-electron chi connectivity index (χ3n) is 3.54. The van der Waals surface area contributed by atoms with E-state index in [9.17, 15) is 13.2 Å². The second kappa shape index (κ2) is 5.07. The van der Waals surface area contributed by atoms with Gasteiger partial charge in [-0.15, -0.1) is 13.2 Å². The van der Waals surface area contributed by atoms with E-state index in [0.717, 1.165) is 30.5 Å². The molecule has 1 unspecified atom stereocenters. The van der Waals surface area contributed by atoms with Crippen LogP contribution < -0.4 is 10.5 Å². The summed E-state index contributed by atoms with van der Waals surface area (Å²) in [4.78, 5) is 0. The van der Waals surface area contributed by atoms with Crippen LogP contribution in [-0.2, 0) is 6.42 Å². The first-order valence-electron chi connectivity index (χ1n) is 6.62. The fourth-order valence-corrected chi connectivity index (χ4v) is 2.60. The molecule has 2 N–H and O–H groups in total. The number of fused-ring (bicyclic) bond motifs is 1. The highest BCUT2D eigenvalue weighted by atomic mass is 19.4. The van der Waals surface area contributed by atoms with E-state index in [2.05, 4.69) is 9.84 Å². The first kappa shape index (κ1) is 13.9. The molecular weight excluding hydrogens is 283 g/mol. The molecule has 112 valence electrons. The summed E-state index contributed by atoms with van der Waals surface area (Å²) in [6.45, 7) is 0. The molecule has 1 aliphatic rings. The van der Waals surface area contributed by atoms with Gasteiger partial charge >= 0.3 is 6.36 Å². The Labute approximate surface area is 119 Å². The zero-order valence-electron chi connectivity index (χ0n) is 11.1. The molecule has 1 aromatic carbocycles. The van der Waals surface area contributed by atoms with Crippen molar-refractivity contribution in [2.24, 2.45) is 5.73 Å². The average Bonchev–Trinajstić information content (AvgIpc) is 2.83. The van der Waals surface area contributed by atoms with Crippen molar-refractivity contribution in [1.29, 1.82) is 0 Å². The highest BCUT2D eigenvalue weighted by Crippen LogP contribution is 2.30. The number of nitrogens with zero attached hydrogens (tertiary/aromatic N) is 2. The van der Waals surface area contributed by atoms with Gasteiger partial charge in [-0.2, -0.15) is 5.10 Å². The van der Waals surface area contributed by atoms with Crippen molar-refractivity contribution >= 4 is 0 Å². The van der Waals surface area contributed by atoms with Crippen LogP contribution in [0.25, 0.3) is 5.69 Å². The van der Waals surface area contributed by atoms with Gasteiger partial charge in [0.05, 0.1) is 11.9 Å². The Morgan fingerprint density at radius 1 is 1.24 bits per heavy atom. The number of alkyl halides is 3. The summed E-state index contributed by atoms with van der Waals surface area (Å²) >= 11 is 0. The van der Waals surface area contributed by atoms with Crippen molar-refractivity contribution in [3.05, 3.63) is 41.7 Å². The van der Waals surface area contributed by atoms with Crippen molar-refractivity contribution < 1.29 is 17.9 Å². The molecule has 1 heterocycles. The first-order chi connectivity index (χ1) is 9.94. The summed E-state index contributed by atoms with van der Waals surface area (Å²) in [5.74, 6) is -0.246. The van der Waals surface area contributed by atoms with E-state index >= 15 is 0 Å². The third-order valence-corrected chi connectivity index (χ3v) is 3.54. The van der Waals surface area contributed by atoms with Crippen LogP contribution in [0.4, 0.5) is 13.2 Å². The number of hydrogen-bond donors (Lipinski definition) is 1. The maximum Gasteiger partial charge on any atom is 0.573 e. The highest BCUT2D eigenvalue weighted by Gasteiger charge is 2.31. The van der Waals surface area contributed by atoms with Gasteiger partial charge in [0.1, 0.15) is 5.75 Å². The van der Waals surface area contributed by atoms with Crippen LogP contribution in [0.3, 0.4) is 0 Å². The Kier molecular flexibility index (Phi) is 3.36. The van der Waals surface area contributed by atoms with Gasteiger partial charge in [0, 0.05) is 17.3 Å². The standard InChI is InChI=1S/C14H14F3N3O/c15-14(16,17)21-10-6-4-9(5-7-10)20-13-3-1-2-12(18)11(13)8-19-20/h4-8,12H,1-3,18H2. The predicted molar refractivity (Wildman–Crippen MR) is 70.1 cm³/mol. The molecule has 0 fully saturated rings. The van der Waals surface area contributed by atoms with E-state index in [1.807, 2.05) is 0 Å². The smallest absolute Gasteiger partial charge is 0.406 e. The van der Waals surface area contributed by atoms with Gasteiger partial charge < -0.3 is 10.5 Å². The summed E-state index contributed by atoms with van der Waals surface area (Å²) in [5, 5.41) is 4.30. The molecule has 4 nitrogen and oxygen atoms in total. The lowest BCUT2D eigenvalue weighted by atomic mass is 9.94. The molecule has 0 radical (unpaired) electrons. The molecule has 21 heavy (non-hydrogen) atoms. The SMILES string of the molecule is NC1CCCc2c1cnn2-c1ccc(OC(F)(F)F)cc1. The van der Waals surface area contributed by atoms with E-state index in [0.29, 0.717) is 5.69 Å². The van der Waals surface area contributed by atoms with E-state index in [1.165, 1.54) is 12.1 Å². The molecular formula is C14H14F3N3O. The molecule has 2 aromatic rings. The molecule has 0 amide bonds. The van der Waals surface area contributed by atoms with E-state index < -0.39 is 6.36 Å². The van der Waals surface area contributed by atoms with Crippen LogP contribution in [0.1, 0.15) is 30.1 Å². The minimum atomic E-state index is -4.68. The highest BCUT2D eigenvalue weighted by molar-refractivity contribution is 5.40. The monoisotopic (exact) mass is 297 g/mol. The summed E-state index contributed by atoms with van der Waals surface area (Å²) in [6.07, 6.45) is -0.172. The molecule has 0 saturated carbocycles. The topological polar surface area (TPSA) is 53.1 Å². The van der Waals surface area contributed by atoms with Crippen molar-refractivity contribution in [3.8, 4) is 11.4 Å². The third kappa shape index (κ3) is 2.87. The molecule has 0 saturated heterocycles. The first-order valence-corrected chi connectivity index (χ1v) is 6.62. The molecule has 3 rings (SSSR count). The van der Waals surface area contributed by atoms with E-state index in [-0.39, 0.29) is 11.8 Å². The van der Waals surface area contributed by atoms with Gasteiger partial charge in [0.15, 0.2) is 0 Å². The van der Waals surface area contributed by atoms with Crippen LogP contribution in [0.15, 0.2) is 30.5 Å². The number of halogens is 3. The molecule has 7 heteroatoms. The van der Waals surface area contributed by atoms with Crippen molar-refractivity contribution in [2.75, 3.05) is 0 Å². The molecule has 0 spiro atoms. The van der Waals surface area contributed by atoms with Crippen LogP contribution in [0.2, 0.25) is 0 Å². The van der Waals surface area contributed by atoms with Crippen LogP contribution >= 0.6 is 0 Å². The lowest BCUT2D eigenvalue weighted by molar-refractivity contribution is -0.274. The quantitative estimate of drug-likeness (QED) is 0.926. The molecule has 0 aliphatic heterocycles. The van der Waals surface area contributed by atoms with Gasteiger partial charge in [-0.25, -0.2) is 4.68 Å². The van der Waals surface area contributed by atoms with Crippen molar-refractivity contribution in [1.82, 2.24) is 9.78 Å². The Hall–Kier alpha value is -2.02. The number of rotatable bonds is 2. The van der Waals surface area contributed by atoms with E-state index in [1.54, 1.807) is 23.0 Å². The molecule has 1 atom stereocenters. The zero-order chi connectivity index (χ0) is 15.0. The largest absolute Gasteiger partial charge is 0.573 e. The number of ether oxygens (including phenoxy) is 1. The fraction of sp³-hybridized carbons (Fsp3) is 0.357. The van der Waals surface area contributed by atoms with Gasteiger partial charge in [-0.1, -0.05) is 0 Å². The predicted octanol–water partition coefficient (Wildman–Crippen LogP) is 3.11. The Balaban J connectivity index is 1.88. The van der Waals surface area contributed by atoms with Crippen LogP contribution in [0, 0.1) is 0 Å². The van der Waals surface area contributed by atoms with Crippen molar-refractivity contribution in [2.45, 2.75) is 31.7 Å². The number of aromatic nitrogens is 2. The molecule has 1 aromatic heterocycles.